The average Bonchev–Trinajstić information content (AvgIpc) is 2.58. The standard InChI is InChI=1S/C18H25Cl3N2O2/c19-18(20,21)11-25-17(24)23-7-3-4-12-8-13-9-14(16(12)23)10-22-6-2-1-5-15(13)22/h8,13-16H,1-7,9-11H2/t13-,14+,15-,16-/m1/s1. The van der Waals surface area contributed by atoms with Crippen LogP contribution in [0.2, 0.25) is 0 Å². The van der Waals surface area contributed by atoms with Crippen molar-refractivity contribution < 1.29 is 9.53 Å². The lowest BCUT2D eigenvalue weighted by Gasteiger charge is -2.54. The van der Waals surface area contributed by atoms with E-state index >= 15 is 0 Å². The van der Waals surface area contributed by atoms with E-state index in [2.05, 4.69) is 11.0 Å². The van der Waals surface area contributed by atoms with E-state index in [0.717, 1.165) is 25.9 Å². The van der Waals surface area contributed by atoms with Crippen molar-refractivity contribution in [2.45, 2.75) is 54.4 Å². The molecule has 25 heavy (non-hydrogen) atoms. The number of hydrogen-bond acceptors (Lipinski definition) is 3. The molecule has 4 aliphatic rings. The molecule has 3 heterocycles. The second-order valence-corrected chi connectivity index (χ2v) is 10.4. The zero-order valence-electron chi connectivity index (χ0n) is 14.3. The molecule has 3 fully saturated rings. The van der Waals surface area contributed by atoms with E-state index < -0.39 is 3.79 Å². The normalized spacial score (nSPS) is 35.5. The van der Waals surface area contributed by atoms with Crippen LogP contribution < -0.4 is 0 Å². The fourth-order valence-corrected chi connectivity index (χ4v) is 5.57. The summed E-state index contributed by atoms with van der Waals surface area (Å²) < 4.78 is 3.73. The SMILES string of the molecule is O=C(OCC(Cl)(Cl)Cl)N1CCCC2=C[C@@H]3C[C@@H](CN4CCCC[C@H]34)[C@@H]21. The maximum atomic E-state index is 12.6. The summed E-state index contributed by atoms with van der Waals surface area (Å²) in [5, 5.41) is 0. The van der Waals surface area contributed by atoms with Gasteiger partial charge in [-0.25, -0.2) is 4.79 Å². The van der Waals surface area contributed by atoms with Gasteiger partial charge in [-0.15, -0.1) is 0 Å². The van der Waals surface area contributed by atoms with E-state index in [-0.39, 0.29) is 18.7 Å². The monoisotopic (exact) mass is 406 g/mol. The zero-order valence-corrected chi connectivity index (χ0v) is 16.6. The summed E-state index contributed by atoms with van der Waals surface area (Å²) in [4.78, 5) is 17.2. The minimum absolute atomic E-state index is 0.163. The Hall–Kier alpha value is -0.160. The van der Waals surface area contributed by atoms with Gasteiger partial charge in [0.1, 0.15) is 6.61 Å². The highest BCUT2D eigenvalue weighted by Crippen LogP contribution is 2.45. The van der Waals surface area contributed by atoms with Crippen LogP contribution in [0.15, 0.2) is 11.6 Å². The van der Waals surface area contributed by atoms with Crippen LogP contribution in [0.1, 0.15) is 38.5 Å². The fraction of sp³-hybridized carbons (Fsp3) is 0.833. The summed E-state index contributed by atoms with van der Waals surface area (Å²) >= 11 is 17.2. The lowest BCUT2D eigenvalue weighted by Crippen LogP contribution is -2.60. The average molecular weight is 408 g/mol. The molecule has 4 rings (SSSR count). The molecule has 140 valence electrons. The predicted octanol–water partition coefficient (Wildman–Crippen LogP) is 4.39. The molecular formula is C18H25Cl3N2O2. The van der Waals surface area contributed by atoms with Crippen molar-refractivity contribution in [1.82, 2.24) is 9.80 Å². The number of amides is 1. The van der Waals surface area contributed by atoms with Crippen LogP contribution >= 0.6 is 34.8 Å². The van der Waals surface area contributed by atoms with E-state index in [1.54, 1.807) is 0 Å². The van der Waals surface area contributed by atoms with Crippen molar-refractivity contribution in [2.24, 2.45) is 11.8 Å². The highest BCUT2D eigenvalue weighted by molar-refractivity contribution is 6.67. The summed E-state index contributed by atoms with van der Waals surface area (Å²) in [5.74, 6) is 1.16. The Morgan fingerprint density at radius 2 is 2.08 bits per heavy atom. The Morgan fingerprint density at radius 1 is 1.24 bits per heavy atom. The van der Waals surface area contributed by atoms with Crippen molar-refractivity contribution in [3.63, 3.8) is 0 Å². The van der Waals surface area contributed by atoms with Gasteiger partial charge in [0.15, 0.2) is 0 Å². The molecular weight excluding hydrogens is 383 g/mol. The Bertz CT molecular complexity index is 563. The van der Waals surface area contributed by atoms with Gasteiger partial charge in [0.05, 0.1) is 6.04 Å². The molecule has 0 aromatic rings. The highest BCUT2D eigenvalue weighted by Gasteiger charge is 2.47. The molecule has 1 amide bonds. The Kier molecular flexibility index (Phi) is 5.18. The largest absolute Gasteiger partial charge is 0.445 e. The summed E-state index contributed by atoms with van der Waals surface area (Å²) in [6.45, 7) is 2.81. The number of carbonyl (C=O) groups excluding carboxylic acids is 1. The molecule has 4 nitrogen and oxygen atoms in total. The van der Waals surface area contributed by atoms with Crippen molar-refractivity contribution in [3.8, 4) is 0 Å². The van der Waals surface area contributed by atoms with Gasteiger partial charge in [-0.2, -0.15) is 0 Å². The van der Waals surface area contributed by atoms with E-state index in [9.17, 15) is 4.79 Å². The topological polar surface area (TPSA) is 32.8 Å². The lowest BCUT2D eigenvalue weighted by molar-refractivity contribution is -0.00187. The van der Waals surface area contributed by atoms with Gasteiger partial charge in [0.2, 0.25) is 3.79 Å². The quantitative estimate of drug-likeness (QED) is 0.477. The minimum Gasteiger partial charge on any atom is -0.445 e. The Balaban J connectivity index is 1.52. The molecule has 3 saturated heterocycles. The smallest absolute Gasteiger partial charge is 0.410 e. The summed E-state index contributed by atoms with van der Waals surface area (Å²) in [5.41, 5.74) is 1.43. The third-order valence-corrected chi connectivity index (χ3v) is 6.58. The molecule has 0 saturated carbocycles. The van der Waals surface area contributed by atoms with Gasteiger partial charge < -0.3 is 9.64 Å². The maximum absolute atomic E-state index is 12.6. The molecule has 1 aliphatic carbocycles. The second kappa shape index (κ2) is 7.10. The molecule has 0 aromatic carbocycles. The molecule has 2 bridgehead atoms. The van der Waals surface area contributed by atoms with Gasteiger partial charge in [-0.3, -0.25) is 4.90 Å². The second-order valence-electron chi connectivity index (χ2n) is 7.87. The van der Waals surface area contributed by atoms with Crippen molar-refractivity contribution >= 4 is 40.9 Å². The molecule has 7 heteroatoms. The lowest BCUT2D eigenvalue weighted by atomic mass is 9.68. The van der Waals surface area contributed by atoms with Gasteiger partial charge in [-0.05, 0) is 50.5 Å². The number of piperidine rings is 3. The summed E-state index contributed by atoms with van der Waals surface area (Å²) in [6, 6.07) is 0.876. The van der Waals surface area contributed by atoms with Gasteiger partial charge >= 0.3 is 6.09 Å². The van der Waals surface area contributed by atoms with Crippen molar-refractivity contribution in [2.75, 3.05) is 26.2 Å². The molecule has 0 unspecified atom stereocenters. The molecule has 0 radical (unpaired) electrons. The number of nitrogens with zero attached hydrogens (tertiary/aromatic N) is 2. The third-order valence-electron chi connectivity index (χ3n) is 6.25. The highest BCUT2D eigenvalue weighted by atomic mass is 35.6. The molecule has 3 aliphatic heterocycles. The fourth-order valence-electron chi connectivity index (χ4n) is 5.40. The first-order valence-corrected chi connectivity index (χ1v) is 10.5. The van der Waals surface area contributed by atoms with E-state index in [4.69, 9.17) is 39.5 Å². The number of halogens is 3. The molecule has 4 atom stereocenters. The van der Waals surface area contributed by atoms with Crippen molar-refractivity contribution in [3.05, 3.63) is 11.6 Å². The predicted molar refractivity (Wildman–Crippen MR) is 100 cm³/mol. The first-order chi connectivity index (χ1) is 11.9. The maximum Gasteiger partial charge on any atom is 0.410 e. The first-order valence-electron chi connectivity index (χ1n) is 9.37. The van der Waals surface area contributed by atoms with Crippen LogP contribution in [0.5, 0.6) is 0 Å². The summed E-state index contributed by atoms with van der Waals surface area (Å²) in [6.07, 6.45) is 9.37. The number of hydrogen-bond donors (Lipinski definition) is 0. The van der Waals surface area contributed by atoms with Crippen LogP contribution in [0, 0.1) is 11.8 Å². The van der Waals surface area contributed by atoms with E-state index in [0.29, 0.717) is 17.9 Å². The Labute approximate surface area is 164 Å². The van der Waals surface area contributed by atoms with Gasteiger partial charge in [0.25, 0.3) is 0 Å². The third kappa shape index (κ3) is 3.78. The van der Waals surface area contributed by atoms with E-state index in [1.807, 2.05) is 4.90 Å². The summed E-state index contributed by atoms with van der Waals surface area (Å²) in [7, 11) is 0. The first kappa shape index (κ1) is 18.2. The van der Waals surface area contributed by atoms with Crippen LogP contribution in [0.3, 0.4) is 0 Å². The van der Waals surface area contributed by atoms with Crippen molar-refractivity contribution in [1.29, 1.82) is 0 Å². The number of likely N-dealkylation sites (tertiary alicyclic amines) is 1. The van der Waals surface area contributed by atoms with Crippen LogP contribution in [0.25, 0.3) is 0 Å². The number of rotatable bonds is 1. The molecule has 0 spiro atoms. The molecule has 0 aromatic heterocycles. The Morgan fingerprint density at radius 3 is 2.88 bits per heavy atom. The number of alkyl halides is 3. The number of fused-ring (bicyclic) bond motifs is 6. The van der Waals surface area contributed by atoms with Gasteiger partial charge in [0, 0.05) is 19.1 Å². The van der Waals surface area contributed by atoms with Crippen LogP contribution in [-0.4, -0.2) is 58.0 Å². The van der Waals surface area contributed by atoms with Crippen LogP contribution in [0.4, 0.5) is 4.79 Å². The molecule has 0 N–H and O–H groups in total. The minimum atomic E-state index is -1.56. The number of carbonyl (C=O) groups is 1. The van der Waals surface area contributed by atoms with Crippen LogP contribution in [-0.2, 0) is 4.74 Å². The number of ether oxygens (including phenoxy) is 1. The van der Waals surface area contributed by atoms with E-state index in [1.165, 1.54) is 37.8 Å². The van der Waals surface area contributed by atoms with Gasteiger partial charge in [-0.1, -0.05) is 52.9 Å². The zero-order chi connectivity index (χ0) is 17.6.